The highest BCUT2D eigenvalue weighted by molar-refractivity contribution is 8.06. The number of nitrogens with zero attached hydrogens (tertiary/aromatic N) is 2. The molecule has 0 amide bonds. The van der Waals surface area contributed by atoms with Gasteiger partial charge >= 0.3 is 5.97 Å². The summed E-state index contributed by atoms with van der Waals surface area (Å²) < 4.78 is 23.1. The second-order valence-corrected chi connectivity index (χ2v) is 5.01. The zero-order chi connectivity index (χ0) is 12.5. The summed E-state index contributed by atoms with van der Waals surface area (Å²) in [6.07, 6.45) is 0.767. The van der Waals surface area contributed by atoms with Gasteiger partial charge in [-0.2, -0.15) is 5.10 Å². The van der Waals surface area contributed by atoms with Crippen LogP contribution in [0, 0.1) is 0 Å². The molecule has 1 heterocycles. The van der Waals surface area contributed by atoms with Gasteiger partial charge in [0, 0.05) is 18.9 Å². The Bertz CT molecular complexity index is 543. The molecule has 0 saturated carbocycles. The Kier molecular flexibility index (Phi) is 3.13. The van der Waals surface area contributed by atoms with Gasteiger partial charge in [0.1, 0.15) is 5.69 Å². The third-order valence-electron chi connectivity index (χ3n) is 1.84. The Morgan fingerprint density at radius 1 is 1.50 bits per heavy atom. The fraction of sp³-hybridized carbons (Fsp3) is 0.375. The van der Waals surface area contributed by atoms with E-state index in [-0.39, 0.29) is 17.9 Å². The zero-order valence-corrected chi connectivity index (χ0v) is 9.48. The summed E-state index contributed by atoms with van der Waals surface area (Å²) in [6, 6.07) is 0.954. The van der Waals surface area contributed by atoms with E-state index in [1.165, 1.54) is 0 Å². The van der Waals surface area contributed by atoms with Crippen LogP contribution in [-0.4, -0.2) is 40.6 Å². The van der Waals surface area contributed by atoms with Crippen LogP contribution in [0.1, 0.15) is 27.9 Å². The average molecular weight is 246 g/mol. The molecule has 0 radical (unpaired) electrons. The number of carbonyl (C=O) groups excluding carboxylic acids is 1. The molecule has 1 aromatic heterocycles. The minimum absolute atomic E-state index is 0.212. The van der Waals surface area contributed by atoms with E-state index in [0.717, 1.165) is 17.0 Å². The normalized spacial score (nSPS) is 11.4. The lowest BCUT2D eigenvalue weighted by Crippen LogP contribution is -2.17. The van der Waals surface area contributed by atoms with E-state index in [1.807, 2.05) is 0 Å². The van der Waals surface area contributed by atoms with Crippen LogP contribution in [0.15, 0.2) is 6.07 Å². The van der Waals surface area contributed by atoms with Crippen molar-refractivity contribution in [2.24, 2.45) is 0 Å². The van der Waals surface area contributed by atoms with Crippen LogP contribution in [0.5, 0.6) is 0 Å². The quantitative estimate of drug-likeness (QED) is 0.790. The first-order valence-electron chi connectivity index (χ1n) is 4.33. The molecule has 7 nitrogen and oxygen atoms in total. The lowest BCUT2D eigenvalue weighted by atomic mass is 10.4. The zero-order valence-electron chi connectivity index (χ0n) is 8.67. The van der Waals surface area contributed by atoms with Crippen LogP contribution >= 0.6 is 0 Å². The first-order chi connectivity index (χ1) is 7.27. The fourth-order valence-electron chi connectivity index (χ4n) is 1.12. The number of aromatic carboxylic acids is 1. The van der Waals surface area contributed by atoms with Crippen molar-refractivity contribution < 1.29 is 23.1 Å². The molecular weight excluding hydrogens is 236 g/mol. The maximum Gasteiger partial charge on any atom is 0.356 e. The number of carbonyl (C=O) groups is 2. The van der Waals surface area contributed by atoms with Crippen LogP contribution < -0.4 is 0 Å². The molecule has 1 rings (SSSR count). The molecule has 0 saturated heterocycles. The van der Waals surface area contributed by atoms with Crippen molar-refractivity contribution in [3.8, 4) is 0 Å². The highest BCUT2D eigenvalue weighted by atomic mass is 32.2. The van der Waals surface area contributed by atoms with Crippen molar-refractivity contribution in [2.45, 2.75) is 13.5 Å². The van der Waals surface area contributed by atoms with Crippen molar-refractivity contribution in [1.29, 1.82) is 0 Å². The van der Waals surface area contributed by atoms with E-state index in [2.05, 4.69) is 5.10 Å². The molecule has 0 unspecified atom stereocenters. The van der Waals surface area contributed by atoms with Crippen LogP contribution in [0.4, 0.5) is 0 Å². The summed E-state index contributed by atoms with van der Waals surface area (Å²) >= 11 is 0. The lowest BCUT2D eigenvalue weighted by Gasteiger charge is -2.00. The monoisotopic (exact) mass is 246 g/mol. The topological polar surface area (TPSA) is 106 Å². The molecule has 1 N–H and O–H groups in total. The number of carboxylic acids is 1. The highest BCUT2D eigenvalue weighted by Gasteiger charge is 2.25. The Morgan fingerprint density at radius 3 is 2.44 bits per heavy atom. The van der Waals surface area contributed by atoms with Crippen molar-refractivity contribution in [2.75, 3.05) is 6.26 Å². The molecule has 0 aliphatic carbocycles. The van der Waals surface area contributed by atoms with E-state index in [0.29, 0.717) is 0 Å². The maximum atomic E-state index is 11.4. The van der Waals surface area contributed by atoms with Crippen molar-refractivity contribution in [3.63, 3.8) is 0 Å². The Balaban J connectivity index is 3.34. The average Bonchev–Trinajstić information content (AvgIpc) is 2.58. The van der Waals surface area contributed by atoms with E-state index < -0.39 is 20.9 Å². The molecule has 0 aliphatic heterocycles. The van der Waals surface area contributed by atoms with Gasteiger partial charge in [0.2, 0.25) is 9.84 Å². The smallest absolute Gasteiger partial charge is 0.356 e. The van der Waals surface area contributed by atoms with Crippen molar-refractivity contribution in [1.82, 2.24) is 9.78 Å². The Morgan fingerprint density at radius 2 is 2.06 bits per heavy atom. The molecule has 0 spiro atoms. The summed E-state index contributed by atoms with van der Waals surface area (Å²) in [5, 5.41) is 11.1. The predicted molar refractivity (Wildman–Crippen MR) is 54.0 cm³/mol. The van der Waals surface area contributed by atoms with Gasteiger partial charge in [-0.05, 0) is 6.92 Å². The minimum Gasteiger partial charge on any atom is -0.476 e. The van der Waals surface area contributed by atoms with Crippen LogP contribution in [0.3, 0.4) is 0 Å². The number of sulfone groups is 1. The number of rotatable bonds is 3. The van der Waals surface area contributed by atoms with Crippen LogP contribution in [0.2, 0.25) is 0 Å². The molecular formula is C8H10N2O5S. The fourth-order valence-corrected chi connectivity index (χ4v) is 1.66. The third-order valence-corrected chi connectivity index (χ3v) is 2.73. The second-order valence-electron chi connectivity index (χ2n) is 3.10. The molecule has 8 heteroatoms. The van der Waals surface area contributed by atoms with Crippen molar-refractivity contribution >= 4 is 20.9 Å². The van der Waals surface area contributed by atoms with E-state index in [4.69, 9.17) is 5.11 Å². The molecule has 1 aromatic rings. The van der Waals surface area contributed by atoms with Gasteiger partial charge in [-0.15, -0.1) is 0 Å². The highest BCUT2D eigenvalue weighted by Crippen LogP contribution is 2.09. The van der Waals surface area contributed by atoms with E-state index >= 15 is 0 Å². The van der Waals surface area contributed by atoms with Gasteiger partial charge in [0.25, 0.3) is 5.12 Å². The summed E-state index contributed by atoms with van der Waals surface area (Å²) in [4.78, 5) is 22.1. The van der Waals surface area contributed by atoms with E-state index in [9.17, 15) is 18.0 Å². The minimum atomic E-state index is -3.89. The summed E-state index contributed by atoms with van der Waals surface area (Å²) in [7, 11) is -3.89. The second kappa shape index (κ2) is 4.05. The lowest BCUT2D eigenvalue weighted by molar-refractivity contribution is 0.0689. The maximum absolute atomic E-state index is 11.4. The van der Waals surface area contributed by atoms with Crippen LogP contribution in [-0.2, 0) is 16.4 Å². The van der Waals surface area contributed by atoms with Gasteiger partial charge < -0.3 is 5.11 Å². The number of carboxylic acid groups (broad SMARTS) is 1. The number of hydrogen-bond acceptors (Lipinski definition) is 5. The van der Waals surface area contributed by atoms with Crippen molar-refractivity contribution in [3.05, 3.63) is 17.5 Å². The summed E-state index contributed by atoms with van der Waals surface area (Å²) in [5.41, 5.74) is -0.587. The molecule has 16 heavy (non-hydrogen) atoms. The Hall–Kier alpha value is -1.70. The van der Waals surface area contributed by atoms with Gasteiger partial charge in [-0.3, -0.25) is 9.48 Å². The molecule has 0 aromatic carbocycles. The van der Waals surface area contributed by atoms with Gasteiger partial charge in [0.15, 0.2) is 5.69 Å². The predicted octanol–water partition coefficient (Wildman–Crippen LogP) is -0.214. The number of aryl methyl sites for hydroxylation is 1. The first kappa shape index (κ1) is 12.4. The molecule has 0 fully saturated rings. The SMILES string of the molecule is CCn1nc(C(=O)O)cc1C(=O)S(C)(=O)=O. The largest absolute Gasteiger partial charge is 0.476 e. The van der Waals surface area contributed by atoms with Crippen LogP contribution in [0.25, 0.3) is 0 Å². The molecule has 0 bridgehead atoms. The Labute approximate surface area is 91.6 Å². The van der Waals surface area contributed by atoms with Gasteiger partial charge in [0.05, 0.1) is 0 Å². The standard InChI is InChI=1S/C8H10N2O5S/c1-3-10-6(8(13)16(2,14)15)4-5(9-10)7(11)12/h4H,3H2,1-2H3,(H,11,12). The third kappa shape index (κ3) is 2.27. The van der Waals surface area contributed by atoms with Gasteiger partial charge in [-0.1, -0.05) is 0 Å². The summed E-state index contributed by atoms with van der Waals surface area (Å²) in [5.74, 6) is -1.31. The molecule has 0 atom stereocenters. The number of hydrogen-bond donors (Lipinski definition) is 1. The molecule has 88 valence electrons. The van der Waals surface area contributed by atoms with E-state index in [1.54, 1.807) is 6.92 Å². The number of aromatic nitrogens is 2. The van der Waals surface area contributed by atoms with Gasteiger partial charge in [-0.25, -0.2) is 13.2 Å². The molecule has 0 aliphatic rings. The summed E-state index contributed by atoms with van der Waals surface area (Å²) in [6.45, 7) is 1.83. The first-order valence-corrected chi connectivity index (χ1v) is 6.22.